The molecule has 0 amide bonds. The van der Waals surface area contributed by atoms with E-state index in [0.29, 0.717) is 28.5 Å². The van der Waals surface area contributed by atoms with Gasteiger partial charge < -0.3 is 4.74 Å². The van der Waals surface area contributed by atoms with E-state index in [1.807, 2.05) is 0 Å². The third kappa shape index (κ3) is 4.50. The van der Waals surface area contributed by atoms with E-state index in [1.54, 1.807) is 6.07 Å². The van der Waals surface area contributed by atoms with Crippen molar-refractivity contribution in [3.05, 3.63) is 77.5 Å². The highest BCUT2D eigenvalue weighted by atomic mass is 19.4. The third-order valence-electron chi connectivity index (χ3n) is 5.59. The summed E-state index contributed by atoms with van der Waals surface area (Å²) >= 11 is 0. The topological polar surface area (TPSA) is 54.8 Å². The summed E-state index contributed by atoms with van der Waals surface area (Å²) in [5, 5.41) is 4.13. The van der Waals surface area contributed by atoms with E-state index in [2.05, 4.69) is 10.1 Å². The standard InChI is InChI=1S/C24H16F7N3O2/c1-36-22-16(12-35)8-15(11-32-22)13-3-2-4-14(7-13)20-10-21(23(27,28)24(29,30)31)33-34(20)19-6-5-17(25)9-18(19)26/h2-9,11-12,20H,10H2,1H3. The van der Waals surface area contributed by atoms with E-state index >= 15 is 0 Å². The Bertz CT molecular complexity index is 1340. The van der Waals surface area contributed by atoms with Gasteiger partial charge in [-0.15, -0.1) is 0 Å². The molecule has 0 N–H and O–H groups in total. The predicted octanol–water partition coefficient (Wildman–Crippen LogP) is 6.35. The molecule has 1 aliphatic rings. The van der Waals surface area contributed by atoms with Gasteiger partial charge in [0.1, 0.15) is 11.5 Å². The first-order valence-electron chi connectivity index (χ1n) is 10.3. The molecule has 0 saturated carbocycles. The number of nitrogens with zero attached hydrogens (tertiary/aromatic N) is 3. The van der Waals surface area contributed by atoms with E-state index in [4.69, 9.17) is 4.74 Å². The Kier molecular flexibility index (Phi) is 6.46. The van der Waals surface area contributed by atoms with Crippen LogP contribution in [0.1, 0.15) is 28.4 Å². The minimum atomic E-state index is -5.92. The van der Waals surface area contributed by atoms with Crippen molar-refractivity contribution in [1.82, 2.24) is 4.98 Å². The van der Waals surface area contributed by atoms with Crippen molar-refractivity contribution in [1.29, 1.82) is 0 Å². The van der Waals surface area contributed by atoms with Crippen LogP contribution in [0.2, 0.25) is 0 Å². The number of hydrazone groups is 1. The molecular weight excluding hydrogens is 495 g/mol. The summed E-state index contributed by atoms with van der Waals surface area (Å²) in [5.74, 6) is -7.35. The van der Waals surface area contributed by atoms with Crippen LogP contribution < -0.4 is 9.75 Å². The number of halogens is 7. The average Bonchev–Trinajstić information content (AvgIpc) is 3.29. The lowest BCUT2D eigenvalue weighted by Gasteiger charge is -2.25. The highest BCUT2D eigenvalue weighted by Gasteiger charge is 2.63. The molecule has 1 aromatic heterocycles. The number of carbonyl (C=O) groups is 1. The minimum Gasteiger partial charge on any atom is -0.480 e. The van der Waals surface area contributed by atoms with Crippen LogP contribution >= 0.6 is 0 Å². The first kappa shape index (κ1) is 25.1. The van der Waals surface area contributed by atoms with Gasteiger partial charge in [-0.05, 0) is 35.4 Å². The Balaban J connectivity index is 1.80. The van der Waals surface area contributed by atoms with E-state index < -0.39 is 47.6 Å². The fourth-order valence-corrected chi connectivity index (χ4v) is 3.82. The number of aromatic nitrogens is 1. The number of benzene rings is 2. The molecule has 0 radical (unpaired) electrons. The van der Waals surface area contributed by atoms with Crippen LogP contribution in [0.15, 0.2) is 59.8 Å². The minimum absolute atomic E-state index is 0.0751. The van der Waals surface area contributed by atoms with Crippen molar-refractivity contribution in [3.63, 3.8) is 0 Å². The van der Waals surface area contributed by atoms with Gasteiger partial charge in [-0.3, -0.25) is 9.80 Å². The quantitative estimate of drug-likeness (QED) is 0.286. The van der Waals surface area contributed by atoms with E-state index in [0.717, 1.165) is 12.1 Å². The average molecular weight is 511 g/mol. The van der Waals surface area contributed by atoms with Crippen LogP contribution in [-0.4, -0.2) is 36.2 Å². The molecule has 2 heterocycles. The summed E-state index contributed by atoms with van der Waals surface area (Å²) in [4.78, 5) is 15.4. The lowest BCUT2D eigenvalue weighted by atomic mass is 9.95. The lowest BCUT2D eigenvalue weighted by Crippen LogP contribution is -2.43. The molecule has 0 spiro atoms. The van der Waals surface area contributed by atoms with Gasteiger partial charge in [-0.25, -0.2) is 13.8 Å². The molecular formula is C24H16F7N3O2. The Morgan fingerprint density at radius 1 is 1.03 bits per heavy atom. The van der Waals surface area contributed by atoms with Crippen LogP contribution in [0.5, 0.6) is 5.88 Å². The lowest BCUT2D eigenvalue weighted by molar-refractivity contribution is -0.249. The normalized spacial score (nSPS) is 16.2. The SMILES string of the molecule is COc1ncc(-c2cccc(C3CC(C(F)(F)C(F)(F)F)=NN3c3ccc(F)cc3F)c2)cc1C=O. The second-order valence-electron chi connectivity index (χ2n) is 7.84. The maximum absolute atomic E-state index is 14.5. The number of pyridine rings is 1. The van der Waals surface area contributed by atoms with Crippen LogP contribution in [0.3, 0.4) is 0 Å². The number of hydrogen-bond acceptors (Lipinski definition) is 5. The number of anilines is 1. The maximum Gasteiger partial charge on any atom is 0.459 e. The molecule has 5 nitrogen and oxygen atoms in total. The van der Waals surface area contributed by atoms with Gasteiger partial charge in [0.05, 0.1) is 24.4 Å². The summed E-state index contributed by atoms with van der Waals surface area (Å²) in [5.41, 5.74) is -0.763. The molecule has 188 valence electrons. The van der Waals surface area contributed by atoms with Gasteiger partial charge in [0.2, 0.25) is 5.88 Å². The smallest absolute Gasteiger partial charge is 0.459 e. The highest BCUT2D eigenvalue weighted by Crippen LogP contribution is 2.45. The van der Waals surface area contributed by atoms with Gasteiger partial charge >= 0.3 is 12.1 Å². The second kappa shape index (κ2) is 9.25. The molecule has 12 heteroatoms. The molecule has 3 aromatic rings. The van der Waals surface area contributed by atoms with E-state index in [1.165, 1.54) is 37.6 Å². The van der Waals surface area contributed by atoms with Crippen molar-refractivity contribution in [2.75, 3.05) is 12.1 Å². The first-order valence-corrected chi connectivity index (χ1v) is 10.3. The predicted molar refractivity (Wildman–Crippen MR) is 116 cm³/mol. The fraction of sp³-hybridized carbons (Fsp3) is 0.208. The highest BCUT2D eigenvalue weighted by molar-refractivity contribution is 5.95. The van der Waals surface area contributed by atoms with E-state index in [9.17, 15) is 35.5 Å². The van der Waals surface area contributed by atoms with Gasteiger partial charge in [0, 0.05) is 24.2 Å². The van der Waals surface area contributed by atoms with Crippen molar-refractivity contribution >= 4 is 17.7 Å². The molecule has 0 fully saturated rings. The van der Waals surface area contributed by atoms with Crippen molar-refractivity contribution in [3.8, 4) is 17.0 Å². The zero-order valence-corrected chi connectivity index (χ0v) is 18.4. The Labute approximate surface area is 199 Å². The first-order chi connectivity index (χ1) is 17.0. The van der Waals surface area contributed by atoms with Crippen LogP contribution in [0.25, 0.3) is 11.1 Å². The number of rotatable bonds is 6. The molecule has 0 bridgehead atoms. The number of methoxy groups -OCH3 is 1. The molecule has 2 aromatic carbocycles. The molecule has 0 aliphatic carbocycles. The van der Waals surface area contributed by atoms with Gasteiger partial charge in [-0.2, -0.15) is 27.1 Å². The number of ether oxygens (including phenoxy) is 1. The van der Waals surface area contributed by atoms with Crippen molar-refractivity contribution in [2.24, 2.45) is 5.10 Å². The molecule has 1 atom stereocenters. The fourth-order valence-electron chi connectivity index (χ4n) is 3.82. The molecule has 4 rings (SSSR count). The molecule has 1 unspecified atom stereocenters. The summed E-state index contributed by atoms with van der Waals surface area (Å²) in [7, 11) is 1.33. The van der Waals surface area contributed by atoms with E-state index in [-0.39, 0.29) is 17.0 Å². The number of alkyl halides is 5. The number of aldehydes is 1. The zero-order chi connectivity index (χ0) is 26.3. The summed E-state index contributed by atoms with van der Waals surface area (Å²) in [6.07, 6.45) is -4.89. The summed E-state index contributed by atoms with van der Waals surface area (Å²) in [6.45, 7) is 0. The van der Waals surface area contributed by atoms with Crippen molar-refractivity contribution < 1.29 is 40.3 Å². The number of hydrogen-bond donors (Lipinski definition) is 0. The third-order valence-corrected chi connectivity index (χ3v) is 5.59. The Hall–Kier alpha value is -3.96. The zero-order valence-electron chi connectivity index (χ0n) is 18.4. The number of carbonyl (C=O) groups excluding carboxylic acids is 1. The molecule has 1 aliphatic heterocycles. The summed E-state index contributed by atoms with van der Waals surface area (Å²) in [6, 6.07) is 8.44. The van der Waals surface area contributed by atoms with Gasteiger partial charge in [-0.1, -0.05) is 18.2 Å². The van der Waals surface area contributed by atoms with Crippen molar-refractivity contribution in [2.45, 2.75) is 24.6 Å². The second-order valence-corrected chi connectivity index (χ2v) is 7.84. The maximum atomic E-state index is 14.5. The van der Waals surface area contributed by atoms with Gasteiger partial charge in [0.15, 0.2) is 12.1 Å². The summed E-state index contributed by atoms with van der Waals surface area (Å²) < 4.78 is 101. The van der Waals surface area contributed by atoms with Crippen LogP contribution in [-0.2, 0) is 0 Å². The van der Waals surface area contributed by atoms with Gasteiger partial charge in [0.25, 0.3) is 0 Å². The molecule has 0 saturated heterocycles. The largest absolute Gasteiger partial charge is 0.480 e. The van der Waals surface area contributed by atoms with Crippen LogP contribution in [0, 0.1) is 11.6 Å². The monoisotopic (exact) mass is 511 g/mol. The van der Waals surface area contributed by atoms with Crippen LogP contribution in [0.4, 0.5) is 36.4 Å². The Morgan fingerprint density at radius 2 is 1.78 bits per heavy atom. The molecule has 36 heavy (non-hydrogen) atoms. The Morgan fingerprint density at radius 3 is 2.42 bits per heavy atom.